The molecular weight excluding hydrogens is 957 g/mol. The van der Waals surface area contributed by atoms with E-state index >= 15 is 0 Å². The highest BCUT2D eigenvalue weighted by atomic mass is 32.2. The van der Waals surface area contributed by atoms with Gasteiger partial charge in [-0.3, -0.25) is 18.8 Å². The highest BCUT2D eigenvalue weighted by Crippen LogP contribution is 2.52. The maximum Gasteiger partial charge on any atom is 0.303 e. The molecule has 68 heavy (non-hydrogen) atoms. The van der Waals surface area contributed by atoms with Gasteiger partial charge in [0.2, 0.25) is 0 Å². The molecule has 0 bridgehead atoms. The van der Waals surface area contributed by atoms with Crippen LogP contribution in [0.5, 0.6) is 5.75 Å². The zero-order valence-corrected chi connectivity index (χ0v) is 41.2. The van der Waals surface area contributed by atoms with Crippen LogP contribution < -0.4 is 14.0 Å². The van der Waals surface area contributed by atoms with E-state index in [0.717, 1.165) is 27.5 Å². The van der Waals surface area contributed by atoms with Gasteiger partial charge in [-0.2, -0.15) is 16.8 Å². The molecule has 0 fully saturated rings. The van der Waals surface area contributed by atoms with Crippen LogP contribution in [0.4, 0.5) is 11.4 Å². The van der Waals surface area contributed by atoms with Crippen molar-refractivity contribution in [1.82, 2.24) is 0 Å². The van der Waals surface area contributed by atoms with E-state index < -0.39 is 70.0 Å². The van der Waals surface area contributed by atoms with Crippen LogP contribution in [-0.2, 0) is 57.3 Å². The van der Waals surface area contributed by atoms with E-state index in [1.807, 2.05) is 79.5 Å². The van der Waals surface area contributed by atoms with Crippen molar-refractivity contribution in [2.45, 2.75) is 99.8 Å². The van der Waals surface area contributed by atoms with Crippen LogP contribution in [0.2, 0.25) is 0 Å². The second kappa shape index (κ2) is 23.7. The van der Waals surface area contributed by atoms with Gasteiger partial charge in [0, 0.05) is 47.8 Å². The molecule has 4 N–H and O–H groups in total. The van der Waals surface area contributed by atoms with Crippen molar-refractivity contribution in [1.29, 1.82) is 0 Å². The summed E-state index contributed by atoms with van der Waals surface area (Å²) in [5.41, 5.74) is 3.03. The van der Waals surface area contributed by atoms with Gasteiger partial charge in [0.1, 0.15) is 39.0 Å². The minimum atomic E-state index is -4.81. The number of carboxylic acid groups (broad SMARTS) is 1. The zero-order chi connectivity index (χ0) is 49.8. The predicted molar refractivity (Wildman–Crippen MR) is 259 cm³/mol. The summed E-state index contributed by atoms with van der Waals surface area (Å²) in [7, 11) is -13.4. The first kappa shape index (κ1) is 54.2. The number of rotatable bonds is 25. The fourth-order valence-corrected chi connectivity index (χ4v) is 11.2. The van der Waals surface area contributed by atoms with E-state index in [0.29, 0.717) is 56.2 Å². The number of anilines is 1. The largest absolute Gasteiger partial charge is 0.744 e. The van der Waals surface area contributed by atoms with Gasteiger partial charge in [0.15, 0.2) is 0 Å². The normalized spacial score (nSPS) is 23.8. The smallest absolute Gasteiger partial charge is 0.303 e. The molecule has 5 rings (SSSR count). The molecule has 2 aromatic rings. The summed E-state index contributed by atoms with van der Waals surface area (Å²) in [5.74, 6) is -1.81. The van der Waals surface area contributed by atoms with Crippen LogP contribution >= 0.6 is 0 Å². The van der Waals surface area contributed by atoms with Crippen LogP contribution in [0.3, 0.4) is 0 Å². The summed E-state index contributed by atoms with van der Waals surface area (Å²) in [6.07, 6.45) is 30.7. The fraction of sp³-hybridized carbons (Fsp3) is 0.396. The van der Waals surface area contributed by atoms with E-state index in [1.165, 1.54) is 18.2 Å². The molecule has 1 aliphatic carbocycles. The van der Waals surface area contributed by atoms with Crippen LogP contribution in [0.15, 0.2) is 138 Å². The minimum Gasteiger partial charge on any atom is -0.744 e. The molecule has 5 atom stereocenters. The van der Waals surface area contributed by atoms with Gasteiger partial charge in [-0.1, -0.05) is 79.3 Å². The number of nitrogens with one attached hydrogen (secondary N) is 1. The Morgan fingerprint density at radius 2 is 1.51 bits per heavy atom. The number of hydrogen-bond donors (Lipinski definition) is 4. The third kappa shape index (κ3) is 15.1. The van der Waals surface area contributed by atoms with E-state index in [1.54, 1.807) is 42.5 Å². The van der Waals surface area contributed by atoms with Crippen molar-refractivity contribution in [2.75, 3.05) is 29.5 Å². The van der Waals surface area contributed by atoms with Crippen molar-refractivity contribution < 1.29 is 66.7 Å². The standard InChI is InChI=1S/C48H60N2O14S4/c1-47(29-16-21-37-19-10-5-3-6-11-20-37)41-36-39(68(61,62)63)26-28-43(41)50(32-18-34-67(58,59)60)44(47)22-12-7-4-8-13-23-45-48(2,30-17-33-66(55,56)57)40-35-38(64-65(53)54)25-27-42(40)49(45)31-15-9-14-24-46(51)52/h3-8,10-13,19-20,22-23,25-28,35-36,44H,9,14-18,21,24,29-34H2,1-2H3,(H,51,52)(H,53,54)(H,55,56,57)(H,58,59,60)(H,61,62,63)/p-1/b5-3-,6-3?,7-4+,10-5?,11-6-,13-8+,19-10?,20-11?,22-12+,37-19?,37-20?,45-23+. The summed E-state index contributed by atoms with van der Waals surface area (Å²) >= 11 is -2.86. The fourth-order valence-electron chi connectivity index (χ4n) is 9.45. The van der Waals surface area contributed by atoms with E-state index in [-0.39, 0.29) is 48.9 Å². The second-order valence-corrected chi connectivity index (χ2v) is 22.5. The maximum absolute atomic E-state index is 12.3. The SMILES string of the molecule is CC1(CCCS(=O)(=O)O)\C(=C/C=C/C=C/C=C/C2[NH+](CCCS(=O)(=O)O)c3ccc(S(=O)(=O)[O-])cc3C2(C)CCCC2=C/C=C\C=C/C=C2)N(CCCCCC(=O)O)c2ccc(OS(=O)[O-])cc21. The number of carbonyl (C=O) groups is 1. The summed E-state index contributed by atoms with van der Waals surface area (Å²) in [4.78, 5) is 13.7. The molecule has 0 saturated carbocycles. The first-order valence-corrected chi connectivity index (χ1v) is 27.9. The molecule has 16 nitrogen and oxygen atoms in total. The van der Waals surface area contributed by atoms with Crippen molar-refractivity contribution in [3.63, 3.8) is 0 Å². The highest BCUT2D eigenvalue weighted by Gasteiger charge is 2.51. The van der Waals surface area contributed by atoms with Crippen molar-refractivity contribution >= 4 is 59.1 Å². The second-order valence-electron chi connectivity index (χ2n) is 17.4. The Labute approximate surface area is 402 Å². The van der Waals surface area contributed by atoms with Gasteiger partial charge in [0.05, 0.1) is 28.4 Å². The molecule has 3 aliphatic rings. The Bertz CT molecular complexity index is 2770. The molecule has 2 aliphatic heterocycles. The van der Waals surface area contributed by atoms with E-state index in [2.05, 4.69) is 0 Å². The number of allylic oxidation sites excluding steroid dienone is 15. The van der Waals surface area contributed by atoms with Gasteiger partial charge in [-0.05, 0) is 112 Å². The molecule has 0 radical (unpaired) electrons. The van der Waals surface area contributed by atoms with Crippen LogP contribution in [0.1, 0.15) is 89.2 Å². The molecule has 0 amide bonds. The van der Waals surface area contributed by atoms with Crippen molar-refractivity contribution in [3.05, 3.63) is 144 Å². The molecule has 0 spiro atoms. The molecule has 2 heterocycles. The zero-order valence-electron chi connectivity index (χ0n) is 37.9. The van der Waals surface area contributed by atoms with Gasteiger partial charge < -0.3 is 23.3 Å². The minimum absolute atomic E-state index is 0.0165. The van der Waals surface area contributed by atoms with Crippen LogP contribution in [0.25, 0.3) is 0 Å². The number of nitrogens with zero attached hydrogens (tertiary/aromatic N) is 1. The first-order chi connectivity index (χ1) is 32.0. The summed E-state index contributed by atoms with van der Waals surface area (Å²) in [6, 6.07) is 8.77. The first-order valence-electron chi connectivity index (χ1n) is 22.2. The Morgan fingerprint density at radius 1 is 0.824 bits per heavy atom. The Kier molecular flexibility index (Phi) is 18.9. The van der Waals surface area contributed by atoms with E-state index in [4.69, 9.17) is 9.29 Å². The molecule has 0 saturated heterocycles. The molecule has 2 aromatic carbocycles. The lowest BCUT2D eigenvalue weighted by Gasteiger charge is -2.31. The summed E-state index contributed by atoms with van der Waals surface area (Å²) < 4.78 is 131. The Morgan fingerprint density at radius 3 is 2.22 bits per heavy atom. The number of aliphatic carboxylic acids is 1. The lowest BCUT2D eigenvalue weighted by molar-refractivity contribution is -0.850. The molecule has 370 valence electrons. The van der Waals surface area contributed by atoms with Gasteiger partial charge in [0.25, 0.3) is 20.2 Å². The quantitative estimate of drug-likeness (QED) is 0.0353. The third-order valence-corrected chi connectivity index (χ3v) is 15.4. The topological polar surface area (TPSA) is 260 Å². The summed E-state index contributed by atoms with van der Waals surface area (Å²) in [6.45, 7) is 4.64. The third-order valence-electron chi connectivity index (χ3n) is 12.6. The molecular formula is C48H59N2O14S4-. The summed E-state index contributed by atoms with van der Waals surface area (Å²) in [5, 5.41) is 9.15. The predicted octanol–water partition coefficient (Wildman–Crippen LogP) is 6.62. The number of quaternary nitrogens is 1. The number of hydrogen-bond acceptors (Lipinski definition) is 12. The van der Waals surface area contributed by atoms with Gasteiger partial charge in [-0.15, -0.1) is 0 Å². The van der Waals surface area contributed by atoms with E-state index in [9.17, 15) is 52.5 Å². The highest BCUT2D eigenvalue weighted by molar-refractivity contribution is 7.86. The number of benzene rings is 2. The average molecular weight is 1020 g/mol. The maximum atomic E-state index is 12.3. The average Bonchev–Trinajstić information content (AvgIpc) is 3.59. The lowest BCUT2D eigenvalue weighted by atomic mass is 9.74. The van der Waals surface area contributed by atoms with Crippen molar-refractivity contribution in [2.24, 2.45) is 0 Å². The molecule has 5 unspecified atom stereocenters. The number of unbranched alkanes of at least 4 members (excludes halogenated alkanes) is 2. The number of fused-ring (bicyclic) bond motifs is 2. The lowest BCUT2D eigenvalue weighted by Crippen LogP contribution is -3.11. The van der Waals surface area contributed by atoms with Crippen molar-refractivity contribution in [3.8, 4) is 5.75 Å². The molecule has 20 heteroatoms. The number of carboxylic acids is 1. The van der Waals surface area contributed by atoms with Crippen LogP contribution in [-0.4, -0.2) is 89.4 Å². The Hall–Kier alpha value is -4.77. The Balaban J connectivity index is 1.48. The molecule has 0 aromatic heterocycles. The van der Waals surface area contributed by atoms with Gasteiger partial charge in [-0.25, -0.2) is 12.6 Å². The monoisotopic (exact) mass is 1020 g/mol. The van der Waals surface area contributed by atoms with Gasteiger partial charge >= 0.3 is 5.97 Å². The van der Waals surface area contributed by atoms with Crippen LogP contribution in [0, 0.1) is 0 Å².